The predicted molar refractivity (Wildman–Crippen MR) is 79.2 cm³/mol. The Hall–Kier alpha value is -2.55. The maximum atomic E-state index is 11.4. The van der Waals surface area contributed by atoms with Crippen LogP contribution in [0.2, 0.25) is 0 Å². The van der Waals surface area contributed by atoms with Crippen LogP contribution in [0.4, 0.5) is 0 Å². The summed E-state index contributed by atoms with van der Waals surface area (Å²) in [5, 5.41) is 10.3. The molecule has 0 aliphatic carbocycles. The summed E-state index contributed by atoms with van der Waals surface area (Å²) in [5.41, 5.74) is 3.54. The first kappa shape index (κ1) is 12.5. The molecule has 20 heavy (non-hydrogen) atoms. The molecule has 3 heteroatoms. The Morgan fingerprint density at radius 3 is 2.65 bits per heavy atom. The van der Waals surface area contributed by atoms with Crippen LogP contribution in [0.1, 0.15) is 21.5 Å². The Kier molecular flexibility index (Phi) is 3.03. The van der Waals surface area contributed by atoms with Crippen molar-refractivity contribution in [1.82, 2.24) is 4.57 Å². The van der Waals surface area contributed by atoms with Gasteiger partial charge in [0.2, 0.25) is 0 Å². The Morgan fingerprint density at radius 2 is 1.90 bits per heavy atom. The van der Waals surface area contributed by atoms with Crippen molar-refractivity contribution < 1.29 is 9.90 Å². The van der Waals surface area contributed by atoms with Crippen LogP contribution in [0.5, 0.6) is 0 Å². The van der Waals surface area contributed by atoms with E-state index >= 15 is 0 Å². The molecule has 3 aromatic rings. The molecule has 0 saturated heterocycles. The van der Waals surface area contributed by atoms with Crippen LogP contribution < -0.4 is 0 Å². The number of fused-ring (bicyclic) bond motifs is 1. The third kappa shape index (κ3) is 2.07. The van der Waals surface area contributed by atoms with E-state index in [1.807, 2.05) is 35.0 Å². The lowest BCUT2D eigenvalue weighted by molar-refractivity contribution is 0.0698. The van der Waals surface area contributed by atoms with Gasteiger partial charge in [-0.2, -0.15) is 0 Å². The minimum Gasteiger partial charge on any atom is -0.478 e. The SMILES string of the molecule is Cc1ccccc1Cn1ccc2cccc(C(=O)O)c21. The summed E-state index contributed by atoms with van der Waals surface area (Å²) in [4.78, 5) is 11.4. The summed E-state index contributed by atoms with van der Waals surface area (Å²) < 4.78 is 2.00. The van der Waals surface area contributed by atoms with Gasteiger partial charge in [0.25, 0.3) is 0 Å². The van der Waals surface area contributed by atoms with Gasteiger partial charge in [-0.15, -0.1) is 0 Å². The largest absolute Gasteiger partial charge is 0.478 e. The molecule has 0 radical (unpaired) electrons. The fourth-order valence-corrected chi connectivity index (χ4v) is 2.54. The van der Waals surface area contributed by atoms with Crippen molar-refractivity contribution in [2.45, 2.75) is 13.5 Å². The van der Waals surface area contributed by atoms with Crippen molar-refractivity contribution in [1.29, 1.82) is 0 Å². The van der Waals surface area contributed by atoms with Crippen molar-refractivity contribution in [3.63, 3.8) is 0 Å². The molecule has 0 fully saturated rings. The van der Waals surface area contributed by atoms with Crippen LogP contribution >= 0.6 is 0 Å². The molecule has 100 valence electrons. The van der Waals surface area contributed by atoms with Gasteiger partial charge in [0, 0.05) is 18.1 Å². The van der Waals surface area contributed by atoms with Gasteiger partial charge in [-0.1, -0.05) is 36.4 Å². The maximum absolute atomic E-state index is 11.4. The van der Waals surface area contributed by atoms with Gasteiger partial charge in [-0.25, -0.2) is 4.79 Å². The molecule has 0 aliphatic rings. The van der Waals surface area contributed by atoms with Gasteiger partial charge < -0.3 is 9.67 Å². The number of aryl methyl sites for hydroxylation is 1. The van der Waals surface area contributed by atoms with E-state index in [9.17, 15) is 9.90 Å². The van der Waals surface area contributed by atoms with E-state index in [0.717, 1.165) is 10.9 Å². The number of para-hydroxylation sites is 1. The Morgan fingerprint density at radius 1 is 1.10 bits per heavy atom. The molecule has 0 spiro atoms. The van der Waals surface area contributed by atoms with Crippen LogP contribution in [-0.4, -0.2) is 15.6 Å². The summed E-state index contributed by atoms with van der Waals surface area (Å²) in [6.45, 7) is 2.75. The predicted octanol–water partition coefficient (Wildman–Crippen LogP) is 3.70. The third-order valence-corrected chi connectivity index (χ3v) is 3.62. The quantitative estimate of drug-likeness (QED) is 0.784. The highest BCUT2D eigenvalue weighted by atomic mass is 16.4. The first-order valence-electron chi connectivity index (χ1n) is 6.52. The standard InChI is InChI=1S/C17H15NO2/c1-12-5-2-3-6-14(12)11-18-10-9-13-7-4-8-15(16(13)18)17(19)20/h2-10H,11H2,1H3,(H,19,20). The lowest BCUT2D eigenvalue weighted by Gasteiger charge is -2.10. The molecular weight excluding hydrogens is 250 g/mol. The molecule has 0 bridgehead atoms. The van der Waals surface area contributed by atoms with Crippen molar-refractivity contribution in [2.75, 3.05) is 0 Å². The van der Waals surface area contributed by atoms with E-state index in [0.29, 0.717) is 12.1 Å². The number of nitrogens with zero attached hydrogens (tertiary/aromatic N) is 1. The topological polar surface area (TPSA) is 42.2 Å². The first-order valence-corrected chi connectivity index (χ1v) is 6.52. The second-order valence-electron chi connectivity index (χ2n) is 4.92. The zero-order valence-electron chi connectivity index (χ0n) is 11.2. The molecular formula is C17H15NO2. The van der Waals surface area contributed by atoms with Gasteiger partial charge in [0.15, 0.2) is 0 Å². The van der Waals surface area contributed by atoms with E-state index in [-0.39, 0.29) is 0 Å². The van der Waals surface area contributed by atoms with Gasteiger partial charge in [0.1, 0.15) is 0 Å². The normalized spacial score (nSPS) is 10.8. The van der Waals surface area contributed by atoms with E-state index < -0.39 is 5.97 Å². The number of carboxylic acids is 1. The lowest BCUT2D eigenvalue weighted by atomic mass is 10.1. The van der Waals surface area contributed by atoms with Gasteiger partial charge in [0.05, 0.1) is 11.1 Å². The Bertz CT molecular complexity index is 787. The molecule has 3 rings (SSSR count). The Balaban J connectivity index is 2.13. The number of aromatic nitrogens is 1. The van der Waals surface area contributed by atoms with Gasteiger partial charge in [-0.3, -0.25) is 0 Å². The Labute approximate surface area is 117 Å². The lowest BCUT2D eigenvalue weighted by Crippen LogP contribution is -2.04. The van der Waals surface area contributed by atoms with Crippen LogP contribution in [0.3, 0.4) is 0 Å². The van der Waals surface area contributed by atoms with Crippen molar-refractivity contribution in [2.24, 2.45) is 0 Å². The highest BCUT2D eigenvalue weighted by Gasteiger charge is 2.12. The van der Waals surface area contributed by atoms with E-state index in [1.54, 1.807) is 12.1 Å². The number of carbonyl (C=O) groups is 1. The van der Waals surface area contributed by atoms with E-state index in [4.69, 9.17) is 0 Å². The third-order valence-electron chi connectivity index (χ3n) is 3.62. The maximum Gasteiger partial charge on any atom is 0.337 e. The molecule has 3 nitrogen and oxygen atoms in total. The first-order chi connectivity index (χ1) is 9.66. The highest BCUT2D eigenvalue weighted by Crippen LogP contribution is 2.22. The van der Waals surface area contributed by atoms with Crippen LogP contribution in [0, 0.1) is 6.92 Å². The van der Waals surface area contributed by atoms with Crippen LogP contribution in [-0.2, 0) is 6.54 Å². The summed E-state index contributed by atoms with van der Waals surface area (Å²) >= 11 is 0. The molecule has 1 heterocycles. The number of aromatic carboxylic acids is 1. The summed E-state index contributed by atoms with van der Waals surface area (Å²) in [6.07, 6.45) is 1.95. The number of hydrogen-bond donors (Lipinski definition) is 1. The summed E-state index contributed by atoms with van der Waals surface area (Å²) in [6, 6.07) is 15.5. The highest BCUT2D eigenvalue weighted by molar-refractivity contribution is 6.02. The molecule has 1 N–H and O–H groups in total. The number of rotatable bonds is 3. The van der Waals surface area contributed by atoms with E-state index in [2.05, 4.69) is 19.1 Å². The van der Waals surface area contributed by atoms with Crippen LogP contribution in [0.15, 0.2) is 54.7 Å². The van der Waals surface area contributed by atoms with Gasteiger partial charge >= 0.3 is 5.97 Å². The zero-order valence-corrected chi connectivity index (χ0v) is 11.2. The monoisotopic (exact) mass is 265 g/mol. The summed E-state index contributed by atoms with van der Waals surface area (Å²) in [7, 11) is 0. The second kappa shape index (κ2) is 4.85. The molecule has 0 unspecified atom stereocenters. The van der Waals surface area contributed by atoms with E-state index in [1.165, 1.54) is 11.1 Å². The van der Waals surface area contributed by atoms with Crippen LogP contribution in [0.25, 0.3) is 10.9 Å². The minimum absolute atomic E-state index is 0.348. The minimum atomic E-state index is -0.889. The van der Waals surface area contributed by atoms with Gasteiger partial charge in [-0.05, 0) is 30.2 Å². The summed E-state index contributed by atoms with van der Waals surface area (Å²) in [5.74, 6) is -0.889. The second-order valence-corrected chi connectivity index (χ2v) is 4.92. The number of benzene rings is 2. The fraction of sp³-hybridized carbons (Fsp3) is 0.118. The molecule has 0 atom stereocenters. The average molecular weight is 265 g/mol. The van der Waals surface area contributed by atoms with Crippen molar-refractivity contribution >= 4 is 16.9 Å². The average Bonchev–Trinajstić information content (AvgIpc) is 2.84. The molecule has 0 aliphatic heterocycles. The van der Waals surface area contributed by atoms with Crippen molar-refractivity contribution in [3.8, 4) is 0 Å². The molecule has 0 saturated carbocycles. The fourth-order valence-electron chi connectivity index (χ4n) is 2.54. The molecule has 1 aromatic heterocycles. The number of hydrogen-bond acceptors (Lipinski definition) is 1. The number of carboxylic acid groups (broad SMARTS) is 1. The van der Waals surface area contributed by atoms with Crippen molar-refractivity contribution in [3.05, 3.63) is 71.4 Å². The molecule has 2 aromatic carbocycles. The smallest absolute Gasteiger partial charge is 0.337 e. The molecule has 0 amide bonds. The zero-order chi connectivity index (χ0) is 14.1.